The highest BCUT2D eigenvalue weighted by molar-refractivity contribution is 6.43. The fourth-order valence-corrected chi connectivity index (χ4v) is 2.17. The Morgan fingerprint density at radius 2 is 1.76 bits per heavy atom. The molecule has 0 unspecified atom stereocenters. The van der Waals surface area contributed by atoms with Gasteiger partial charge in [0.05, 0.1) is 20.5 Å². The minimum Gasteiger partial charge on any atom is -0.258 e. The quantitative estimate of drug-likeness (QED) is 0.530. The molecule has 0 radical (unpaired) electrons. The van der Waals surface area contributed by atoms with E-state index in [0.717, 1.165) is 12.1 Å². The second-order valence-electron chi connectivity index (χ2n) is 4.12. The predicted molar refractivity (Wildman–Crippen MR) is 73.6 cm³/mol. The molecular weight excluding hydrogens is 330 g/mol. The molecule has 0 aliphatic heterocycles. The lowest BCUT2D eigenvalue weighted by Gasteiger charge is -2.11. The van der Waals surface area contributed by atoms with Crippen molar-refractivity contribution in [2.45, 2.75) is 6.18 Å². The lowest BCUT2D eigenvalue weighted by molar-refractivity contribution is -0.385. The maximum Gasteiger partial charge on any atom is 0.416 e. The zero-order valence-corrected chi connectivity index (χ0v) is 11.6. The van der Waals surface area contributed by atoms with E-state index in [2.05, 4.69) is 0 Å². The van der Waals surface area contributed by atoms with E-state index in [-0.39, 0.29) is 21.2 Å². The Morgan fingerprint density at radius 3 is 2.33 bits per heavy atom. The lowest BCUT2D eigenvalue weighted by atomic mass is 10.0. The van der Waals surface area contributed by atoms with Gasteiger partial charge in [0.1, 0.15) is 0 Å². The SMILES string of the molecule is O=[N+]([O-])c1cc(-c2cccc(Cl)c2Cl)cc(C(F)(F)F)c1. The number of non-ortho nitro benzene ring substituents is 1. The number of hydrogen-bond acceptors (Lipinski definition) is 2. The Labute approximate surface area is 127 Å². The predicted octanol–water partition coefficient (Wildman–Crippen LogP) is 5.59. The lowest BCUT2D eigenvalue weighted by Crippen LogP contribution is -2.06. The van der Waals surface area contributed by atoms with Crippen molar-refractivity contribution in [3.63, 3.8) is 0 Å². The van der Waals surface area contributed by atoms with Gasteiger partial charge in [0.25, 0.3) is 5.69 Å². The molecule has 2 aromatic carbocycles. The molecule has 8 heteroatoms. The molecule has 0 spiro atoms. The van der Waals surface area contributed by atoms with Crippen molar-refractivity contribution in [2.75, 3.05) is 0 Å². The van der Waals surface area contributed by atoms with Gasteiger partial charge < -0.3 is 0 Å². The van der Waals surface area contributed by atoms with Gasteiger partial charge in [-0.15, -0.1) is 0 Å². The molecule has 0 aromatic heterocycles. The molecule has 21 heavy (non-hydrogen) atoms. The summed E-state index contributed by atoms with van der Waals surface area (Å²) in [6.45, 7) is 0. The molecule has 0 aliphatic carbocycles. The highest BCUT2D eigenvalue weighted by Gasteiger charge is 2.33. The number of nitro benzene ring substituents is 1. The molecule has 0 heterocycles. The number of hydrogen-bond donors (Lipinski definition) is 0. The van der Waals surface area contributed by atoms with E-state index in [9.17, 15) is 23.3 Å². The van der Waals surface area contributed by atoms with Gasteiger partial charge in [-0.3, -0.25) is 10.1 Å². The summed E-state index contributed by atoms with van der Waals surface area (Å²) in [5, 5.41) is 11.0. The number of halogens is 5. The van der Waals surface area contributed by atoms with Crippen molar-refractivity contribution in [1.82, 2.24) is 0 Å². The fraction of sp³-hybridized carbons (Fsp3) is 0.0769. The minimum absolute atomic E-state index is 0.0241. The van der Waals surface area contributed by atoms with Crippen LogP contribution in [-0.2, 0) is 6.18 Å². The van der Waals surface area contributed by atoms with Crippen molar-refractivity contribution >= 4 is 28.9 Å². The average molecular weight is 336 g/mol. The molecule has 0 saturated heterocycles. The number of nitro groups is 1. The van der Waals surface area contributed by atoms with Gasteiger partial charge in [-0.05, 0) is 17.7 Å². The molecule has 0 bridgehead atoms. The minimum atomic E-state index is -4.70. The molecule has 0 aliphatic rings. The average Bonchev–Trinajstić information content (AvgIpc) is 2.40. The maximum atomic E-state index is 12.8. The fourth-order valence-electron chi connectivity index (χ4n) is 1.76. The van der Waals surface area contributed by atoms with E-state index in [4.69, 9.17) is 23.2 Å². The van der Waals surface area contributed by atoms with Crippen LogP contribution in [0.1, 0.15) is 5.56 Å². The monoisotopic (exact) mass is 335 g/mol. The smallest absolute Gasteiger partial charge is 0.258 e. The van der Waals surface area contributed by atoms with Crippen LogP contribution in [0, 0.1) is 10.1 Å². The van der Waals surface area contributed by atoms with Gasteiger partial charge in [-0.2, -0.15) is 13.2 Å². The zero-order valence-electron chi connectivity index (χ0n) is 10.1. The van der Waals surface area contributed by atoms with Crippen molar-refractivity contribution in [3.8, 4) is 11.1 Å². The van der Waals surface area contributed by atoms with Crippen LogP contribution in [0.3, 0.4) is 0 Å². The molecule has 3 nitrogen and oxygen atoms in total. The second kappa shape index (κ2) is 5.54. The topological polar surface area (TPSA) is 43.1 Å². The third kappa shape index (κ3) is 3.28. The highest BCUT2D eigenvalue weighted by Crippen LogP contribution is 2.39. The summed E-state index contributed by atoms with van der Waals surface area (Å²) >= 11 is 11.8. The van der Waals surface area contributed by atoms with Crippen LogP contribution in [0.2, 0.25) is 10.0 Å². The van der Waals surface area contributed by atoms with E-state index in [1.807, 2.05) is 0 Å². The Balaban J connectivity index is 2.71. The number of rotatable bonds is 2. The van der Waals surface area contributed by atoms with E-state index in [0.29, 0.717) is 6.07 Å². The first-order valence-corrected chi connectivity index (χ1v) is 6.27. The molecule has 0 fully saturated rings. The van der Waals surface area contributed by atoms with Gasteiger partial charge in [0.2, 0.25) is 0 Å². The third-order valence-corrected chi connectivity index (χ3v) is 3.54. The van der Waals surface area contributed by atoms with Crippen LogP contribution in [0.25, 0.3) is 11.1 Å². The summed E-state index contributed by atoms with van der Waals surface area (Å²) in [5.74, 6) is 0. The Kier molecular flexibility index (Phi) is 4.11. The molecule has 0 amide bonds. The number of benzene rings is 2. The van der Waals surface area contributed by atoms with Crippen molar-refractivity contribution in [1.29, 1.82) is 0 Å². The first kappa shape index (κ1) is 15.6. The Hall–Kier alpha value is -1.79. The van der Waals surface area contributed by atoms with E-state index in [1.165, 1.54) is 18.2 Å². The molecule has 0 saturated carbocycles. The molecule has 2 rings (SSSR count). The third-order valence-electron chi connectivity index (χ3n) is 2.72. The van der Waals surface area contributed by atoms with Gasteiger partial charge in [-0.25, -0.2) is 0 Å². The van der Waals surface area contributed by atoms with Crippen LogP contribution in [0.5, 0.6) is 0 Å². The van der Waals surface area contributed by atoms with Crippen LogP contribution in [0.15, 0.2) is 36.4 Å². The summed E-state index contributed by atoms with van der Waals surface area (Å²) in [5.41, 5.74) is -1.62. The first-order valence-electron chi connectivity index (χ1n) is 5.51. The molecule has 0 N–H and O–H groups in total. The van der Waals surface area contributed by atoms with Crippen molar-refractivity contribution in [3.05, 3.63) is 62.1 Å². The summed E-state index contributed by atoms with van der Waals surface area (Å²) in [4.78, 5) is 9.90. The normalized spacial score (nSPS) is 11.5. The molecule has 0 atom stereocenters. The summed E-state index contributed by atoms with van der Waals surface area (Å²) in [6, 6.07) is 6.69. The van der Waals surface area contributed by atoms with Crippen molar-refractivity contribution < 1.29 is 18.1 Å². The standard InChI is InChI=1S/C13H6Cl2F3NO2/c14-11-3-1-2-10(12(11)15)7-4-8(13(16,17)18)6-9(5-7)19(20)21/h1-6H. The van der Waals surface area contributed by atoms with E-state index < -0.39 is 22.4 Å². The number of alkyl halides is 3. The van der Waals surface area contributed by atoms with Crippen molar-refractivity contribution in [2.24, 2.45) is 0 Å². The van der Waals surface area contributed by atoms with Gasteiger partial charge in [0.15, 0.2) is 0 Å². The van der Waals surface area contributed by atoms with E-state index in [1.54, 1.807) is 0 Å². The zero-order chi connectivity index (χ0) is 15.8. The van der Waals surface area contributed by atoms with Gasteiger partial charge in [-0.1, -0.05) is 35.3 Å². The Morgan fingerprint density at radius 1 is 1.10 bits per heavy atom. The second-order valence-corrected chi connectivity index (χ2v) is 4.91. The number of nitrogens with zero attached hydrogens (tertiary/aromatic N) is 1. The van der Waals surface area contributed by atoms with Crippen LogP contribution in [0.4, 0.5) is 18.9 Å². The van der Waals surface area contributed by atoms with Crippen LogP contribution >= 0.6 is 23.2 Å². The first-order chi connectivity index (χ1) is 9.70. The van der Waals surface area contributed by atoms with Crippen LogP contribution in [-0.4, -0.2) is 4.92 Å². The highest BCUT2D eigenvalue weighted by atomic mass is 35.5. The summed E-state index contributed by atoms with van der Waals surface area (Å²) in [7, 11) is 0. The van der Waals surface area contributed by atoms with Crippen LogP contribution < -0.4 is 0 Å². The largest absolute Gasteiger partial charge is 0.416 e. The van der Waals surface area contributed by atoms with Gasteiger partial charge >= 0.3 is 6.18 Å². The maximum absolute atomic E-state index is 12.8. The van der Waals surface area contributed by atoms with Gasteiger partial charge in [0, 0.05) is 17.7 Å². The Bertz CT molecular complexity index is 717. The molecule has 2 aromatic rings. The van der Waals surface area contributed by atoms with E-state index >= 15 is 0 Å². The molecular formula is C13H6Cl2F3NO2. The summed E-state index contributed by atoms with van der Waals surface area (Å²) in [6.07, 6.45) is -4.70. The summed E-state index contributed by atoms with van der Waals surface area (Å²) < 4.78 is 38.5. The molecule has 110 valence electrons.